The second-order valence-corrected chi connectivity index (χ2v) is 17.3. The van der Waals surface area contributed by atoms with E-state index in [0.29, 0.717) is 32.7 Å². The first-order valence-corrected chi connectivity index (χ1v) is 22.5. The Morgan fingerprint density at radius 1 is 0.952 bits per heavy atom. The number of aliphatic hydroxyl groups is 1. The van der Waals surface area contributed by atoms with E-state index in [9.17, 15) is 29.4 Å². The van der Waals surface area contributed by atoms with Crippen LogP contribution >= 0.6 is 11.3 Å². The van der Waals surface area contributed by atoms with Gasteiger partial charge in [0.2, 0.25) is 5.91 Å². The Kier molecular flexibility index (Phi) is 16.8. The van der Waals surface area contributed by atoms with E-state index in [1.807, 2.05) is 92.0 Å². The molecule has 1 saturated heterocycles. The van der Waals surface area contributed by atoms with Crippen molar-refractivity contribution in [3.8, 4) is 11.3 Å². The summed E-state index contributed by atoms with van der Waals surface area (Å²) in [5.41, 5.74) is 7.14. The molecule has 2 fully saturated rings. The van der Waals surface area contributed by atoms with E-state index in [-0.39, 0.29) is 43.3 Å². The SMILES string of the molecule is CC[C@H](C)[C@@H](C(=O)N[C@@H](Cc1ccccc1)[C@@H](O)CN(Cc1ccc(-c2ccccn2)cc1)NC(=O)[C@@H](NC(=O)O)C1CCCCC1)N1CCN(Cc2csc(COC)n2)C1=O. The minimum atomic E-state index is -1.28. The van der Waals surface area contributed by atoms with Gasteiger partial charge in [-0.25, -0.2) is 19.6 Å². The highest BCUT2D eigenvalue weighted by Gasteiger charge is 2.41. The quantitative estimate of drug-likeness (QED) is 0.0637. The summed E-state index contributed by atoms with van der Waals surface area (Å²) >= 11 is 1.48. The molecule has 16 heteroatoms. The molecule has 0 unspecified atom stereocenters. The number of nitrogens with one attached hydrogen (secondary N) is 3. The molecule has 62 heavy (non-hydrogen) atoms. The maximum atomic E-state index is 14.6. The third-order valence-electron chi connectivity index (χ3n) is 11.9. The summed E-state index contributed by atoms with van der Waals surface area (Å²) in [7, 11) is 1.61. The molecule has 1 saturated carbocycles. The summed E-state index contributed by atoms with van der Waals surface area (Å²) in [6.45, 7) is 5.48. The molecule has 2 aliphatic rings. The van der Waals surface area contributed by atoms with Gasteiger partial charge in [-0.3, -0.25) is 20.0 Å². The van der Waals surface area contributed by atoms with Crippen molar-refractivity contribution in [1.29, 1.82) is 0 Å². The number of hydrazine groups is 1. The third kappa shape index (κ3) is 12.6. The number of carbonyl (C=O) groups is 4. The molecule has 0 spiro atoms. The minimum absolute atomic E-state index is 0.112. The first kappa shape index (κ1) is 46.1. The number of thiazole rings is 1. The third-order valence-corrected chi connectivity index (χ3v) is 12.7. The maximum Gasteiger partial charge on any atom is 0.405 e. The van der Waals surface area contributed by atoms with Crippen molar-refractivity contribution in [3.05, 3.63) is 106 Å². The fourth-order valence-corrected chi connectivity index (χ4v) is 9.18. The first-order chi connectivity index (χ1) is 30.0. The number of ether oxygens (including phenoxy) is 1. The Morgan fingerprint density at radius 3 is 2.37 bits per heavy atom. The average Bonchev–Trinajstić information content (AvgIpc) is 3.88. The molecule has 5 amide bonds. The van der Waals surface area contributed by atoms with Crippen LogP contribution in [0.1, 0.15) is 74.2 Å². The van der Waals surface area contributed by atoms with Crippen LogP contribution in [0.15, 0.2) is 84.4 Å². The molecule has 5 N–H and O–H groups in total. The lowest BCUT2D eigenvalue weighted by Crippen LogP contribution is -2.59. The molecular formula is C46H60N8O7S. The Morgan fingerprint density at radius 2 is 1.69 bits per heavy atom. The number of pyridine rings is 1. The van der Waals surface area contributed by atoms with Crippen LogP contribution in [0, 0.1) is 11.8 Å². The second-order valence-electron chi connectivity index (χ2n) is 16.4. The summed E-state index contributed by atoms with van der Waals surface area (Å²) in [4.78, 5) is 67.0. The number of rotatable bonds is 21. The summed E-state index contributed by atoms with van der Waals surface area (Å²) in [6, 6.07) is 20.0. The number of methoxy groups -OCH3 is 1. The van der Waals surface area contributed by atoms with E-state index in [4.69, 9.17) is 4.74 Å². The largest absolute Gasteiger partial charge is 0.465 e. The van der Waals surface area contributed by atoms with Crippen molar-refractivity contribution in [1.82, 2.24) is 40.8 Å². The van der Waals surface area contributed by atoms with Crippen molar-refractivity contribution in [2.24, 2.45) is 11.8 Å². The lowest BCUT2D eigenvalue weighted by atomic mass is 9.83. The van der Waals surface area contributed by atoms with Crippen LogP contribution in [0.5, 0.6) is 0 Å². The smallest absolute Gasteiger partial charge is 0.405 e. The molecule has 6 rings (SSSR count). The van der Waals surface area contributed by atoms with Crippen molar-refractivity contribution in [2.75, 3.05) is 26.7 Å². The molecule has 5 atom stereocenters. The van der Waals surface area contributed by atoms with Crippen LogP contribution in [-0.2, 0) is 40.4 Å². The first-order valence-electron chi connectivity index (χ1n) is 21.6. The summed E-state index contributed by atoms with van der Waals surface area (Å²) in [5, 5.41) is 31.9. The van der Waals surface area contributed by atoms with Crippen LogP contribution in [-0.4, -0.2) is 110 Å². The number of aliphatic hydroxyl groups excluding tert-OH is 1. The number of hydrogen-bond acceptors (Lipinski definition) is 10. The van der Waals surface area contributed by atoms with Crippen molar-refractivity contribution < 1.29 is 34.1 Å². The monoisotopic (exact) mass is 868 g/mol. The molecule has 0 radical (unpaired) electrons. The molecule has 3 heterocycles. The van der Waals surface area contributed by atoms with E-state index in [1.54, 1.807) is 28.1 Å². The van der Waals surface area contributed by atoms with Gasteiger partial charge >= 0.3 is 12.1 Å². The highest BCUT2D eigenvalue weighted by atomic mass is 32.1. The van der Waals surface area contributed by atoms with Gasteiger partial charge in [0.25, 0.3) is 5.91 Å². The van der Waals surface area contributed by atoms with E-state index >= 15 is 0 Å². The van der Waals surface area contributed by atoms with Gasteiger partial charge in [0.1, 0.15) is 17.1 Å². The molecule has 1 aliphatic heterocycles. The van der Waals surface area contributed by atoms with Gasteiger partial charge in [-0.1, -0.05) is 100 Å². The predicted octanol–water partition coefficient (Wildman–Crippen LogP) is 5.84. The number of nitrogens with zero attached hydrogens (tertiary/aromatic N) is 5. The lowest BCUT2D eigenvalue weighted by molar-refractivity contribution is -0.132. The summed E-state index contributed by atoms with van der Waals surface area (Å²) in [5.74, 6) is -1.27. The topological polar surface area (TPSA) is 190 Å². The van der Waals surface area contributed by atoms with Gasteiger partial charge in [-0.15, -0.1) is 11.3 Å². The van der Waals surface area contributed by atoms with Gasteiger partial charge in [0, 0.05) is 50.4 Å². The minimum Gasteiger partial charge on any atom is -0.465 e. The lowest BCUT2D eigenvalue weighted by Gasteiger charge is -2.35. The summed E-state index contributed by atoms with van der Waals surface area (Å²) < 4.78 is 5.21. The van der Waals surface area contributed by atoms with Crippen molar-refractivity contribution >= 4 is 35.3 Å². The van der Waals surface area contributed by atoms with Crippen LogP contribution in [0.3, 0.4) is 0 Å². The van der Waals surface area contributed by atoms with Crippen molar-refractivity contribution in [2.45, 2.75) is 103 Å². The van der Waals surface area contributed by atoms with E-state index in [0.717, 1.165) is 65.2 Å². The zero-order valence-electron chi connectivity index (χ0n) is 35.8. The standard InChI is InChI=1S/C46H60N8O7S/c1-4-31(2)42(54-24-23-52(46(54)60)27-36-30-62-40(48-36)29-61-3)44(57)49-38(25-32-13-7-5-8-14-32)39(55)28-53(26-33-18-20-34(21-19-33)37-17-11-12-22-47-37)51-43(56)41(50-45(58)59)35-15-9-6-10-16-35/h5,7-8,11-14,17-22,30-31,35,38-39,41-42,50,55H,4,6,9-10,15-16,23-29H2,1-3H3,(H,49,57)(H,51,56)(H,58,59)/t31-,38-,39-,41-,42-/m0/s1. The number of benzene rings is 2. The van der Waals surface area contributed by atoms with Crippen LogP contribution in [0.25, 0.3) is 11.3 Å². The number of carbonyl (C=O) groups excluding carboxylic acids is 3. The average molecular weight is 869 g/mol. The van der Waals surface area contributed by atoms with E-state index in [2.05, 4.69) is 26.0 Å². The van der Waals surface area contributed by atoms with E-state index in [1.165, 1.54) is 11.3 Å². The van der Waals surface area contributed by atoms with Gasteiger partial charge < -0.3 is 35.4 Å². The zero-order valence-corrected chi connectivity index (χ0v) is 36.6. The molecule has 332 valence electrons. The van der Waals surface area contributed by atoms with Gasteiger partial charge in [0.05, 0.1) is 36.7 Å². The Bertz CT molecular complexity index is 2050. The van der Waals surface area contributed by atoms with Crippen molar-refractivity contribution in [3.63, 3.8) is 0 Å². The molecule has 15 nitrogen and oxygen atoms in total. The Labute approximate surface area is 367 Å². The van der Waals surface area contributed by atoms with E-state index < -0.39 is 36.2 Å². The molecule has 2 aromatic heterocycles. The van der Waals surface area contributed by atoms with Crippen LogP contribution in [0.2, 0.25) is 0 Å². The zero-order chi connectivity index (χ0) is 44.0. The molecule has 1 aliphatic carbocycles. The van der Waals surface area contributed by atoms with Crippen LogP contribution in [0.4, 0.5) is 9.59 Å². The number of aromatic nitrogens is 2. The van der Waals surface area contributed by atoms with Gasteiger partial charge in [0.15, 0.2) is 0 Å². The number of urea groups is 1. The summed E-state index contributed by atoms with van der Waals surface area (Å²) in [6.07, 6.45) is 4.40. The number of hydrogen-bond donors (Lipinski definition) is 5. The molecule has 0 bridgehead atoms. The fraction of sp³-hybridized carbons (Fsp3) is 0.478. The Balaban J connectivity index is 1.24. The molecule has 2 aromatic carbocycles. The highest BCUT2D eigenvalue weighted by Crippen LogP contribution is 2.28. The fourth-order valence-electron chi connectivity index (χ4n) is 8.42. The van der Waals surface area contributed by atoms with Crippen LogP contribution < -0.4 is 16.1 Å². The maximum absolute atomic E-state index is 14.6. The predicted molar refractivity (Wildman–Crippen MR) is 236 cm³/mol. The Hall–Kier alpha value is -5.42. The number of amides is 5. The van der Waals surface area contributed by atoms with Gasteiger partial charge in [-0.05, 0) is 54.4 Å². The van der Waals surface area contributed by atoms with Gasteiger partial charge in [-0.2, -0.15) is 0 Å². The normalized spacial score (nSPS) is 17.0. The molecular weight excluding hydrogens is 809 g/mol. The number of carboxylic acid groups (broad SMARTS) is 1. The molecule has 4 aromatic rings. The second kappa shape index (κ2) is 22.6. The highest BCUT2D eigenvalue weighted by molar-refractivity contribution is 7.09.